The van der Waals surface area contributed by atoms with Gasteiger partial charge in [0, 0.05) is 11.5 Å². The summed E-state index contributed by atoms with van der Waals surface area (Å²) in [6.45, 7) is 0. The molecule has 0 fully saturated rings. The first kappa shape index (κ1) is 21.0. The molecule has 29 heavy (non-hydrogen) atoms. The lowest BCUT2D eigenvalue weighted by Crippen LogP contribution is -2.14. The van der Waals surface area contributed by atoms with Crippen LogP contribution in [0.25, 0.3) is 10.8 Å². The highest BCUT2D eigenvalue weighted by molar-refractivity contribution is 7.92. The fourth-order valence-corrected chi connectivity index (χ4v) is 4.78. The van der Waals surface area contributed by atoms with Gasteiger partial charge in [-0.15, -0.1) is 0 Å². The molecule has 0 radical (unpaired) electrons. The van der Waals surface area contributed by atoms with Crippen molar-refractivity contribution in [1.29, 1.82) is 0 Å². The van der Waals surface area contributed by atoms with Gasteiger partial charge < -0.3 is 5.11 Å². The number of rotatable bonds is 5. The monoisotopic (exact) mass is 459 g/mol. The minimum absolute atomic E-state index is 0.167. The van der Waals surface area contributed by atoms with Gasteiger partial charge >= 0.3 is 0 Å². The topological polar surface area (TPSA) is 175 Å². The average molecular weight is 459 g/mol. The molecule has 0 saturated carbocycles. The second-order valence-electron chi connectivity index (χ2n) is 5.88. The van der Waals surface area contributed by atoms with Gasteiger partial charge in [-0.05, 0) is 35.7 Å². The van der Waals surface area contributed by atoms with Gasteiger partial charge in [0.2, 0.25) is 0 Å². The fourth-order valence-electron chi connectivity index (χ4n) is 2.62. The molecule has 0 aliphatic carbocycles. The Kier molecular flexibility index (Phi) is 5.04. The number of anilines is 1. The standard InChI is InChI=1S/C16H13NO9S3/c18-15-9-13(29(24,25)26)7-10-6-12(28(21,22)23)8-14(16(10)15)17-27(19,20)11-4-2-1-3-5-11/h1-9,17-18H,(H,21,22,23)(H,24,25,26). The molecule has 10 nitrogen and oxygen atoms in total. The van der Waals surface area contributed by atoms with Crippen LogP contribution >= 0.6 is 0 Å². The first-order valence-electron chi connectivity index (χ1n) is 7.63. The lowest BCUT2D eigenvalue weighted by molar-refractivity contribution is 0.471. The van der Waals surface area contributed by atoms with Gasteiger partial charge in [0.05, 0.1) is 20.4 Å². The molecule has 0 bridgehead atoms. The van der Waals surface area contributed by atoms with Crippen molar-refractivity contribution in [2.24, 2.45) is 0 Å². The normalized spacial score (nSPS) is 12.8. The molecule has 0 saturated heterocycles. The van der Waals surface area contributed by atoms with Crippen LogP contribution in [0.3, 0.4) is 0 Å². The molecule has 13 heteroatoms. The predicted octanol–water partition coefficient (Wildman–Crippen LogP) is 1.84. The number of sulfonamides is 1. The van der Waals surface area contributed by atoms with E-state index in [1.807, 2.05) is 0 Å². The van der Waals surface area contributed by atoms with E-state index in [0.29, 0.717) is 6.07 Å². The zero-order valence-corrected chi connectivity index (χ0v) is 16.7. The molecule has 0 amide bonds. The Morgan fingerprint density at radius 1 is 0.690 bits per heavy atom. The van der Waals surface area contributed by atoms with Crippen molar-refractivity contribution < 1.29 is 39.5 Å². The van der Waals surface area contributed by atoms with Crippen molar-refractivity contribution in [2.45, 2.75) is 14.7 Å². The van der Waals surface area contributed by atoms with Crippen LogP contribution in [-0.4, -0.2) is 39.5 Å². The first-order chi connectivity index (χ1) is 13.3. The second kappa shape index (κ2) is 6.96. The summed E-state index contributed by atoms with van der Waals surface area (Å²) in [5, 5.41) is 9.72. The lowest BCUT2D eigenvalue weighted by atomic mass is 10.1. The van der Waals surface area contributed by atoms with E-state index in [1.54, 1.807) is 6.07 Å². The highest BCUT2D eigenvalue weighted by Gasteiger charge is 2.22. The maximum Gasteiger partial charge on any atom is 0.294 e. The molecule has 0 heterocycles. The molecule has 4 N–H and O–H groups in total. The van der Waals surface area contributed by atoms with Gasteiger partial charge in [0.1, 0.15) is 5.75 Å². The van der Waals surface area contributed by atoms with Crippen LogP contribution in [0.2, 0.25) is 0 Å². The number of phenolic OH excluding ortho intramolecular Hbond substituents is 1. The smallest absolute Gasteiger partial charge is 0.294 e. The summed E-state index contributed by atoms with van der Waals surface area (Å²) >= 11 is 0. The molecule has 0 aliphatic rings. The molecular formula is C16H13NO9S3. The molecule has 3 aromatic carbocycles. The second-order valence-corrected chi connectivity index (χ2v) is 10.4. The molecule has 0 aliphatic heterocycles. The Hall–Kier alpha value is -2.71. The summed E-state index contributed by atoms with van der Waals surface area (Å²) in [5.41, 5.74) is -0.432. The van der Waals surface area contributed by atoms with Gasteiger partial charge in [-0.25, -0.2) is 8.42 Å². The van der Waals surface area contributed by atoms with Gasteiger partial charge in [-0.3, -0.25) is 13.8 Å². The third-order valence-corrected chi connectivity index (χ3v) is 6.91. The maximum atomic E-state index is 12.6. The Morgan fingerprint density at radius 3 is 1.72 bits per heavy atom. The number of aromatic hydroxyl groups is 1. The maximum absolute atomic E-state index is 12.6. The number of hydrogen-bond donors (Lipinski definition) is 4. The molecule has 3 rings (SSSR count). The summed E-state index contributed by atoms with van der Waals surface area (Å²) in [5.74, 6) is -0.747. The van der Waals surface area contributed by atoms with E-state index in [2.05, 4.69) is 4.72 Å². The van der Waals surface area contributed by atoms with E-state index in [0.717, 1.165) is 18.2 Å². The Labute approximate surface area is 166 Å². The van der Waals surface area contributed by atoms with Crippen LogP contribution in [-0.2, 0) is 30.3 Å². The molecule has 0 spiro atoms. The molecule has 0 unspecified atom stereocenters. The van der Waals surface area contributed by atoms with E-state index < -0.39 is 51.5 Å². The zero-order valence-electron chi connectivity index (χ0n) is 14.2. The van der Waals surface area contributed by atoms with E-state index in [9.17, 15) is 39.5 Å². The molecule has 154 valence electrons. The SMILES string of the molecule is O=S(=O)(O)c1cc(O)c2c(NS(=O)(=O)c3ccccc3)cc(S(=O)(=O)O)cc2c1. The molecule has 3 aromatic rings. The summed E-state index contributed by atoms with van der Waals surface area (Å²) in [7, 11) is -13.8. The zero-order chi connectivity index (χ0) is 21.6. The van der Waals surface area contributed by atoms with Crippen LogP contribution in [0.4, 0.5) is 5.69 Å². The highest BCUT2D eigenvalue weighted by atomic mass is 32.2. The summed E-state index contributed by atoms with van der Waals surface area (Å²) in [6, 6.07) is 10.1. The Bertz CT molecular complexity index is 1420. The third-order valence-electron chi connectivity index (χ3n) is 3.87. The molecule has 0 aromatic heterocycles. The van der Waals surface area contributed by atoms with E-state index >= 15 is 0 Å². The van der Waals surface area contributed by atoms with Gasteiger partial charge in [-0.2, -0.15) is 16.8 Å². The van der Waals surface area contributed by atoms with Crippen LogP contribution < -0.4 is 4.72 Å². The predicted molar refractivity (Wildman–Crippen MR) is 102 cm³/mol. The lowest BCUT2D eigenvalue weighted by Gasteiger charge is -2.14. The first-order valence-corrected chi connectivity index (χ1v) is 12.0. The summed E-state index contributed by atoms with van der Waals surface area (Å²) < 4.78 is 91.8. The third kappa shape index (κ3) is 4.33. The van der Waals surface area contributed by atoms with Crippen LogP contribution in [0, 0.1) is 0 Å². The van der Waals surface area contributed by atoms with Crippen LogP contribution in [0.15, 0.2) is 69.3 Å². The van der Waals surface area contributed by atoms with E-state index in [4.69, 9.17) is 0 Å². The van der Waals surface area contributed by atoms with Crippen molar-refractivity contribution in [3.63, 3.8) is 0 Å². The largest absolute Gasteiger partial charge is 0.507 e. The fraction of sp³-hybridized carbons (Fsp3) is 0. The minimum Gasteiger partial charge on any atom is -0.507 e. The molecular weight excluding hydrogens is 446 g/mol. The Balaban J connectivity index is 2.33. The summed E-state index contributed by atoms with van der Waals surface area (Å²) in [4.78, 5) is -1.69. The van der Waals surface area contributed by atoms with Crippen molar-refractivity contribution in [2.75, 3.05) is 4.72 Å². The van der Waals surface area contributed by atoms with Crippen molar-refractivity contribution >= 4 is 46.7 Å². The minimum atomic E-state index is -4.83. The van der Waals surface area contributed by atoms with Gasteiger partial charge in [0.25, 0.3) is 30.3 Å². The van der Waals surface area contributed by atoms with Crippen molar-refractivity contribution in [3.05, 3.63) is 54.6 Å². The quantitative estimate of drug-likeness (QED) is 0.415. The number of hydrogen-bond acceptors (Lipinski definition) is 7. The number of nitrogens with one attached hydrogen (secondary N) is 1. The Morgan fingerprint density at radius 2 is 1.21 bits per heavy atom. The van der Waals surface area contributed by atoms with Crippen LogP contribution in [0.1, 0.15) is 0 Å². The van der Waals surface area contributed by atoms with Crippen molar-refractivity contribution in [3.8, 4) is 5.75 Å². The number of benzene rings is 3. The van der Waals surface area contributed by atoms with E-state index in [-0.39, 0.29) is 15.7 Å². The van der Waals surface area contributed by atoms with E-state index in [1.165, 1.54) is 24.3 Å². The van der Waals surface area contributed by atoms with Crippen molar-refractivity contribution in [1.82, 2.24) is 0 Å². The number of fused-ring (bicyclic) bond motifs is 1. The van der Waals surface area contributed by atoms with Gasteiger partial charge in [0.15, 0.2) is 0 Å². The number of phenols is 1. The summed E-state index contributed by atoms with van der Waals surface area (Å²) in [6.07, 6.45) is 0. The average Bonchev–Trinajstić information content (AvgIpc) is 2.60. The van der Waals surface area contributed by atoms with Gasteiger partial charge in [-0.1, -0.05) is 18.2 Å². The van der Waals surface area contributed by atoms with Crippen LogP contribution in [0.5, 0.6) is 5.75 Å². The highest BCUT2D eigenvalue weighted by Crippen LogP contribution is 2.37. The molecule has 0 atom stereocenters.